The van der Waals surface area contributed by atoms with E-state index in [2.05, 4.69) is 24.4 Å². The van der Waals surface area contributed by atoms with Crippen LogP contribution in [0.3, 0.4) is 0 Å². The van der Waals surface area contributed by atoms with Gasteiger partial charge in [-0.2, -0.15) is 0 Å². The molecule has 2 aliphatic rings. The molecule has 1 heterocycles. The first-order valence-electron chi connectivity index (χ1n) is 6.33. The number of carbonyl (C=O) groups excluding carboxylic acids is 1. The Labute approximate surface area is 102 Å². The number of benzene rings is 1. The van der Waals surface area contributed by atoms with Gasteiger partial charge in [0.1, 0.15) is 6.17 Å². The second kappa shape index (κ2) is 4.15. The molecule has 1 amide bonds. The van der Waals surface area contributed by atoms with Crippen molar-refractivity contribution in [1.82, 2.24) is 10.2 Å². The summed E-state index contributed by atoms with van der Waals surface area (Å²) in [6, 6.07) is 10.2. The van der Waals surface area contributed by atoms with E-state index in [1.165, 1.54) is 12.0 Å². The second-order valence-electron chi connectivity index (χ2n) is 5.21. The van der Waals surface area contributed by atoms with Gasteiger partial charge in [0.05, 0.1) is 6.54 Å². The number of nitrogens with zero attached hydrogens (tertiary/aromatic N) is 1. The van der Waals surface area contributed by atoms with E-state index in [4.69, 9.17) is 0 Å². The summed E-state index contributed by atoms with van der Waals surface area (Å²) < 4.78 is 0. The van der Waals surface area contributed by atoms with Gasteiger partial charge in [0, 0.05) is 6.54 Å². The van der Waals surface area contributed by atoms with E-state index in [9.17, 15) is 4.79 Å². The van der Waals surface area contributed by atoms with Gasteiger partial charge in [0.15, 0.2) is 0 Å². The highest BCUT2D eigenvalue weighted by Crippen LogP contribution is 2.40. The molecule has 3 atom stereocenters. The van der Waals surface area contributed by atoms with Crippen LogP contribution in [-0.2, 0) is 4.79 Å². The van der Waals surface area contributed by atoms with Crippen molar-refractivity contribution in [2.45, 2.75) is 19.5 Å². The molecule has 1 N–H and O–H groups in total. The molecule has 1 aliphatic carbocycles. The number of hydrogen-bond acceptors (Lipinski definition) is 2. The number of amides is 1. The molecule has 3 rings (SSSR count). The largest absolute Gasteiger partial charge is 0.322 e. The van der Waals surface area contributed by atoms with Crippen molar-refractivity contribution in [1.29, 1.82) is 0 Å². The first kappa shape index (κ1) is 10.8. The van der Waals surface area contributed by atoms with Crippen molar-refractivity contribution in [2.24, 2.45) is 11.8 Å². The third kappa shape index (κ3) is 2.07. The van der Waals surface area contributed by atoms with Gasteiger partial charge < -0.3 is 4.90 Å². The van der Waals surface area contributed by atoms with E-state index >= 15 is 0 Å². The van der Waals surface area contributed by atoms with Crippen molar-refractivity contribution in [3.63, 3.8) is 0 Å². The molecule has 2 fully saturated rings. The monoisotopic (exact) mass is 230 g/mol. The Kier molecular flexibility index (Phi) is 2.63. The number of nitrogens with one attached hydrogen (secondary N) is 1. The van der Waals surface area contributed by atoms with Gasteiger partial charge >= 0.3 is 0 Å². The van der Waals surface area contributed by atoms with E-state index < -0.39 is 0 Å². The standard InChI is InChI=1S/C14H18N2O/c1-10-7-12(10)9-16-13(17)8-15-14(16)11-5-3-2-4-6-11/h2-6,10,12,14-15H,7-9H2,1H3. The maximum absolute atomic E-state index is 11.9. The Hall–Kier alpha value is -1.35. The Morgan fingerprint density at radius 3 is 2.71 bits per heavy atom. The molecule has 1 saturated heterocycles. The molecule has 0 bridgehead atoms. The number of hydrogen-bond donors (Lipinski definition) is 1. The van der Waals surface area contributed by atoms with Crippen molar-refractivity contribution in [2.75, 3.05) is 13.1 Å². The minimum absolute atomic E-state index is 0.0801. The molecule has 3 heteroatoms. The van der Waals surface area contributed by atoms with E-state index in [0.29, 0.717) is 12.5 Å². The smallest absolute Gasteiger partial charge is 0.238 e. The van der Waals surface area contributed by atoms with Crippen LogP contribution in [0.25, 0.3) is 0 Å². The van der Waals surface area contributed by atoms with Crippen LogP contribution in [0.2, 0.25) is 0 Å². The molecule has 1 aromatic carbocycles. The molecule has 1 aromatic rings. The molecular formula is C14H18N2O. The summed E-state index contributed by atoms with van der Waals surface area (Å²) in [5.74, 6) is 1.74. The fourth-order valence-corrected chi connectivity index (χ4v) is 2.59. The first-order valence-corrected chi connectivity index (χ1v) is 6.33. The highest BCUT2D eigenvalue weighted by atomic mass is 16.2. The lowest BCUT2D eigenvalue weighted by Crippen LogP contribution is -2.32. The van der Waals surface area contributed by atoms with Crippen LogP contribution in [0, 0.1) is 11.8 Å². The minimum Gasteiger partial charge on any atom is -0.322 e. The van der Waals surface area contributed by atoms with Crippen LogP contribution in [0.4, 0.5) is 0 Å². The topological polar surface area (TPSA) is 32.3 Å². The lowest BCUT2D eigenvalue weighted by atomic mass is 10.1. The third-order valence-electron chi connectivity index (χ3n) is 3.90. The Balaban J connectivity index is 1.77. The maximum Gasteiger partial charge on any atom is 0.238 e. The summed E-state index contributed by atoms with van der Waals surface area (Å²) in [5.41, 5.74) is 1.19. The van der Waals surface area contributed by atoms with Gasteiger partial charge in [0.25, 0.3) is 0 Å². The first-order chi connectivity index (χ1) is 8.25. The minimum atomic E-state index is 0.0801. The van der Waals surface area contributed by atoms with Gasteiger partial charge in [0.2, 0.25) is 5.91 Å². The predicted molar refractivity (Wildman–Crippen MR) is 66.2 cm³/mol. The van der Waals surface area contributed by atoms with Crippen LogP contribution in [-0.4, -0.2) is 23.9 Å². The van der Waals surface area contributed by atoms with Gasteiger partial charge in [-0.15, -0.1) is 0 Å². The van der Waals surface area contributed by atoms with Crippen molar-refractivity contribution >= 4 is 5.91 Å². The average Bonchev–Trinajstić information content (AvgIpc) is 2.92. The van der Waals surface area contributed by atoms with Crippen LogP contribution in [0.15, 0.2) is 30.3 Å². The number of carbonyl (C=O) groups is 1. The quantitative estimate of drug-likeness (QED) is 0.858. The Morgan fingerprint density at radius 2 is 2.06 bits per heavy atom. The van der Waals surface area contributed by atoms with Crippen molar-refractivity contribution < 1.29 is 4.79 Å². The summed E-state index contributed by atoms with van der Waals surface area (Å²) in [7, 11) is 0. The molecule has 90 valence electrons. The van der Waals surface area contributed by atoms with Crippen LogP contribution < -0.4 is 5.32 Å². The molecule has 3 nitrogen and oxygen atoms in total. The zero-order chi connectivity index (χ0) is 11.8. The summed E-state index contributed by atoms with van der Waals surface area (Å²) in [6.45, 7) is 3.64. The highest BCUT2D eigenvalue weighted by Gasteiger charge is 2.39. The summed E-state index contributed by atoms with van der Waals surface area (Å²) >= 11 is 0. The van der Waals surface area contributed by atoms with Crippen LogP contribution in [0.5, 0.6) is 0 Å². The lowest BCUT2D eigenvalue weighted by Gasteiger charge is -2.24. The fourth-order valence-electron chi connectivity index (χ4n) is 2.59. The maximum atomic E-state index is 11.9. The molecular weight excluding hydrogens is 212 g/mol. The molecule has 3 unspecified atom stereocenters. The molecule has 17 heavy (non-hydrogen) atoms. The Bertz CT molecular complexity index is 417. The molecule has 0 radical (unpaired) electrons. The van der Waals surface area contributed by atoms with E-state index in [-0.39, 0.29) is 12.1 Å². The SMILES string of the molecule is CC1CC1CN1C(=O)CNC1c1ccccc1. The van der Waals surface area contributed by atoms with Crippen molar-refractivity contribution in [3.8, 4) is 0 Å². The zero-order valence-corrected chi connectivity index (χ0v) is 10.1. The van der Waals surface area contributed by atoms with Crippen LogP contribution >= 0.6 is 0 Å². The molecule has 0 spiro atoms. The predicted octanol–water partition coefficient (Wildman–Crippen LogP) is 1.77. The van der Waals surface area contributed by atoms with Crippen LogP contribution in [0.1, 0.15) is 25.1 Å². The summed E-state index contributed by atoms with van der Waals surface area (Å²) in [5, 5.41) is 3.30. The van der Waals surface area contributed by atoms with E-state index in [1.807, 2.05) is 23.1 Å². The van der Waals surface area contributed by atoms with Gasteiger partial charge in [-0.05, 0) is 23.8 Å². The highest BCUT2D eigenvalue weighted by molar-refractivity contribution is 5.81. The van der Waals surface area contributed by atoms with Crippen molar-refractivity contribution in [3.05, 3.63) is 35.9 Å². The normalized spacial score (nSPS) is 31.9. The average molecular weight is 230 g/mol. The van der Waals surface area contributed by atoms with Gasteiger partial charge in [-0.1, -0.05) is 37.3 Å². The van der Waals surface area contributed by atoms with Gasteiger partial charge in [-0.3, -0.25) is 10.1 Å². The lowest BCUT2D eigenvalue weighted by molar-refractivity contribution is -0.128. The molecule has 1 saturated carbocycles. The molecule has 1 aliphatic heterocycles. The third-order valence-corrected chi connectivity index (χ3v) is 3.90. The van der Waals surface area contributed by atoms with E-state index in [0.717, 1.165) is 12.5 Å². The van der Waals surface area contributed by atoms with Gasteiger partial charge in [-0.25, -0.2) is 0 Å². The number of rotatable bonds is 3. The van der Waals surface area contributed by atoms with E-state index in [1.54, 1.807) is 0 Å². The Morgan fingerprint density at radius 1 is 1.35 bits per heavy atom. The fraction of sp³-hybridized carbons (Fsp3) is 0.500. The zero-order valence-electron chi connectivity index (χ0n) is 10.1. The summed E-state index contributed by atoms with van der Waals surface area (Å²) in [6.07, 6.45) is 1.35. The second-order valence-corrected chi connectivity index (χ2v) is 5.21. The summed E-state index contributed by atoms with van der Waals surface area (Å²) in [4.78, 5) is 13.9. The molecule has 0 aromatic heterocycles.